The predicted molar refractivity (Wildman–Crippen MR) is 93.0 cm³/mol. The Morgan fingerprint density at radius 2 is 1.81 bits per heavy atom. The van der Waals surface area contributed by atoms with Crippen LogP contribution in [0.15, 0.2) is 30.6 Å². The molecular weight excluding hydrogens is 361 g/mol. The molecule has 9 heteroatoms. The van der Waals surface area contributed by atoms with Crippen LogP contribution in [0.3, 0.4) is 0 Å². The number of piperidine rings is 1. The van der Waals surface area contributed by atoms with Crippen LogP contribution in [0.25, 0.3) is 11.3 Å². The van der Waals surface area contributed by atoms with Crippen LogP contribution >= 0.6 is 0 Å². The van der Waals surface area contributed by atoms with Gasteiger partial charge in [-0.2, -0.15) is 0 Å². The van der Waals surface area contributed by atoms with Gasteiger partial charge in [0.15, 0.2) is 0 Å². The third-order valence-electron chi connectivity index (χ3n) is 4.62. The lowest BCUT2D eigenvalue weighted by Gasteiger charge is -2.32. The lowest BCUT2D eigenvalue weighted by atomic mass is 9.96. The van der Waals surface area contributed by atoms with Crippen molar-refractivity contribution >= 4 is 11.7 Å². The van der Waals surface area contributed by atoms with Gasteiger partial charge in [-0.1, -0.05) is 0 Å². The molecule has 1 amide bonds. The van der Waals surface area contributed by atoms with Crippen LogP contribution in [0.4, 0.5) is 19.0 Å². The summed E-state index contributed by atoms with van der Waals surface area (Å²) in [5.41, 5.74) is 7.49. The minimum absolute atomic E-state index is 0.121. The zero-order valence-corrected chi connectivity index (χ0v) is 14.7. The van der Waals surface area contributed by atoms with Gasteiger partial charge in [-0.05, 0) is 44.0 Å². The molecule has 1 fully saturated rings. The molecule has 27 heavy (non-hydrogen) atoms. The van der Waals surface area contributed by atoms with E-state index in [4.69, 9.17) is 5.73 Å². The summed E-state index contributed by atoms with van der Waals surface area (Å²) in [7, 11) is 0. The van der Waals surface area contributed by atoms with Gasteiger partial charge < -0.3 is 15.4 Å². The van der Waals surface area contributed by atoms with E-state index in [0.717, 1.165) is 11.4 Å². The second-order valence-electron chi connectivity index (χ2n) is 6.41. The first kappa shape index (κ1) is 18.9. The Morgan fingerprint density at radius 1 is 1.19 bits per heavy atom. The van der Waals surface area contributed by atoms with Crippen molar-refractivity contribution in [1.82, 2.24) is 9.97 Å². The number of amides is 1. The molecule has 2 heterocycles. The lowest BCUT2D eigenvalue weighted by Crippen LogP contribution is -2.39. The highest BCUT2D eigenvalue weighted by Gasteiger charge is 2.31. The summed E-state index contributed by atoms with van der Waals surface area (Å²) >= 11 is 0. The molecule has 0 aliphatic carbocycles. The van der Waals surface area contributed by atoms with E-state index < -0.39 is 6.36 Å². The van der Waals surface area contributed by atoms with Gasteiger partial charge in [0.25, 0.3) is 0 Å². The number of aromatic nitrogens is 2. The van der Waals surface area contributed by atoms with Crippen molar-refractivity contribution in [3.05, 3.63) is 36.2 Å². The number of alkyl halides is 3. The normalized spacial score (nSPS) is 15.6. The highest BCUT2D eigenvalue weighted by molar-refractivity contribution is 5.77. The van der Waals surface area contributed by atoms with Crippen molar-refractivity contribution in [2.24, 2.45) is 11.7 Å². The minimum Gasteiger partial charge on any atom is -0.406 e. The number of halogens is 3. The van der Waals surface area contributed by atoms with Gasteiger partial charge in [0.2, 0.25) is 5.91 Å². The summed E-state index contributed by atoms with van der Waals surface area (Å²) in [6.45, 7) is 3.18. The van der Waals surface area contributed by atoms with Crippen molar-refractivity contribution in [2.45, 2.75) is 26.1 Å². The number of hydrogen-bond acceptors (Lipinski definition) is 5. The van der Waals surface area contributed by atoms with E-state index in [9.17, 15) is 18.0 Å². The number of carbonyl (C=O) groups is 1. The average Bonchev–Trinajstić information content (AvgIpc) is 2.61. The number of benzene rings is 1. The molecule has 0 radical (unpaired) electrons. The number of primary amides is 1. The summed E-state index contributed by atoms with van der Waals surface area (Å²) < 4.78 is 40.8. The number of hydrogen-bond donors (Lipinski definition) is 1. The SMILES string of the molecule is Cc1c(-c2ccc(OC(F)(F)F)cc2)ncnc1N1CCC(C(N)=O)CC1. The Balaban J connectivity index is 1.80. The van der Waals surface area contributed by atoms with E-state index >= 15 is 0 Å². The molecule has 2 aromatic rings. The van der Waals surface area contributed by atoms with Crippen LogP contribution in [0, 0.1) is 12.8 Å². The maximum absolute atomic E-state index is 12.3. The van der Waals surface area contributed by atoms with Gasteiger partial charge in [-0.25, -0.2) is 9.97 Å². The largest absolute Gasteiger partial charge is 0.573 e. The fourth-order valence-electron chi connectivity index (χ4n) is 3.24. The number of carbonyl (C=O) groups excluding carboxylic acids is 1. The van der Waals surface area contributed by atoms with Crippen molar-refractivity contribution in [2.75, 3.05) is 18.0 Å². The Hall–Kier alpha value is -2.84. The van der Waals surface area contributed by atoms with Gasteiger partial charge >= 0.3 is 6.36 Å². The number of nitrogens with zero attached hydrogens (tertiary/aromatic N) is 3. The molecule has 1 aromatic heterocycles. The molecule has 1 saturated heterocycles. The van der Waals surface area contributed by atoms with Crippen LogP contribution in [-0.2, 0) is 4.79 Å². The Kier molecular flexibility index (Phi) is 5.20. The molecule has 1 aromatic carbocycles. The molecular formula is C18H19F3N4O2. The molecule has 1 aliphatic rings. The number of anilines is 1. The molecule has 1 aliphatic heterocycles. The molecule has 0 bridgehead atoms. The topological polar surface area (TPSA) is 81.3 Å². The molecule has 6 nitrogen and oxygen atoms in total. The first-order valence-electron chi connectivity index (χ1n) is 8.46. The van der Waals surface area contributed by atoms with Gasteiger partial charge in [-0.15, -0.1) is 13.2 Å². The highest BCUT2D eigenvalue weighted by atomic mass is 19.4. The van der Waals surface area contributed by atoms with Gasteiger partial charge in [-0.3, -0.25) is 4.79 Å². The Labute approximate surface area is 154 Å². The maximum atomic E-state index is 12.3. The van der Waals surface area contributed by atoms with Gasteiger partial charge in [0.05, 0.1) is 5.69 Å². The smallest absolute Gasteiger partial charge is 0.406 e. The lowest BCUT2D eigenvalue weighted by molar-refractivity contribution is -0.274. The summed E-state index contributed by atoms with van der Waals surface area (Å²) in [5.74, 6) is 0.0604. The van der Waals surface area contributed by atoms with Crippen LogP contribution < -0.4 is 15.4 Å². The Bertz CT molecular complexity index is 816. The molecule has 2 N–H and O–H groups in total. The molecule has 144 valence electrons. The van der Waals surface area contributed by atoms with E-state index in [0.29, 0.717) is 37.2 Å². The van der Waals surface area contributed by atoms with E-state index in [2.05, 4.69) is 19.6 Å². The van der Waals surface area contributed by atoms with Crippen molar-refractivity contribution in [3.63, 3.8) is 0 Å². The van der Waals surface area contributed by atoms with Crippen molar-refractivity contribution < 1.29 is 22.7 Å². The van der Waals surface area contributed by atoms with E-state index in [1.54, 1.807) is 0 Å². The van der Waals surface area contributed by atoms with E-state index in [1.165, 1.54) is 30.6 Å². The number of nitrogens with two attached hydrogens (primary N) is 1. The van der Waals surface area contributed by atoms with Gasteiger partial charge in [0, 0.05) is 30.1 Å². The minimum atomic E-state index is -4.73. The van der Waals surface area contributed by atoms with Gasteiger partial charge in [0.1, 0.15) is 17.9 Å². The molecule has 0 saturated carbocycles. The van der Waals surface area contributed by atoms with Crippen molar-refractivity contribution in [1.29, 1.82) is 0 Å². The first-order valence-corrected chi connectivity index (χ1v) is 8.46. The summed E-state index contributed by atoms with van der Waals surface area (Å²) in [4.78, 5) is 22.0. The molecule has 3 rings (SSSR count). The maximum Gasteiger partial charge on any atom is 0.573 e. The zero-order chi connectivity index (χ0) is 19.6. The predicted octanol–water partition coefficient (Wildman–Crippen LogP) is 3.05. The van der Waals surface area contributed by atoms with E-state index in [-0.39, 0.29) is 17.6 Å². The second kappa shape index (κ2) is 7.42. The Morgan fingerprint density at radius 3 is 2.37 bits per heavy atom. The quantitative estimate of drug-likeness (QED) is 0.882. The third kappa shape index (κ3) is 4.47. The zero-order valence-electron chi connectivity index (χ0n) is 14.7. The number of ether oxygens (including phenoxy) is 1. The fourth-order valence-corrected chi connectivity index (χ4v) is 3.24. The summed E-state index contributed by atoms with van der Waals surface area (Å²) in [6.07, 6.45) is -1.97. The highest BCUT2D eigenvalue weighted by Crippen LogP contribution is 2.31. The first-order chi connectivity index (χ1) is 12.7. The van der Waals surface area contributed by atoms with Crippen molar-refractivity contribution in [3.8, 4) is 17.0 Å². The number of rotatable bonds is 4. The van der Waals surface area contributed by atoms with Crippen LogP contribution in [0.5, 0.6) is 5.75 Å². The van der Waals surface area contributed by atoms with Crippen LogP contribution in [-0.4, -0.2) is 35.3 Å². The monoisotopic (exact) mass is 380 g/mol. The fraction of sp³-hybridized carbons (Fsp3) is 0.389. The third-order valence-corrected chi connectivity index (χ3v) is 4.62. The standard InChI is InChI=1S/C18H19F3N4O2/c1-11-15(12-2-4-14(5-3-12)27-18(19,20)21)23-10-24-17(11)25-8-6-13(7-9-25)16(22)26/h2-5,10,13H,6-9H2,1H3,(H2,22,26). The van der Waals surface area contributed by atoms with Crippen LogP contribution in [0.2, 0.25) is 0 Å². The van der Waals surface area contributed by atoms with Crippen LogP contribution in [0.1, 0.15) is 18.4 Å². The van der Waals surface area contributed by atoms with E-state index in [1.807, 2.05) is 6.92 Å². The average molecular weight is 380 g/mol. The second-order valence-corrected chi connectivity index (χ2v) is 6.41. The molecule has 0 atom stereocenters. The molecule has 0 unspecified atom stereocenters. The summed E-state index contributed by atoms with van der Waals surface area (Å²) in [6, 6.07) is 5.56. The summed E-state index contributed by atoms with van der Waals surface area (Å²) in [5, 5.41) is 0. The molecule has 0 spiro atoms.